The van der Waals surface area contributed by atoms with Gasteiger partial charge in [0.15, 0.2) is 0 Å². The molecule has 1 aromatic rings. The van der Waals surface area contributed by atoms with E-state index in [1.54, 1.807) is 19.1 Å². The van der Waals surface area contributed by atoms with Gasteiger partial charge < -0.3 is 10.4 Å². The minimum Gasteiger partial charge on any atom is -0.392 e. The third-order valence-corrected chi connectivity index (χ3v) is 6.69. The van der Waals surface area contributed by atoms with Gasteiger partial charge in [0.2, 0.25) is 17.7 Å². The van der Waals surface area contributed by atoms with Crippen LogP contribution in [0.25, 0.3) is 0 Å². The second kappa shape index (κ2) is 6.12. The lowest BCUT2D eigenvalue weighted by Crippen LogP contribution is -2.55. The Labute approximate surface area is 165 Å². The Kier molecular flexibility index (Phi) is 4.21. The van der Waals surface area contributed by atoms with Crippen molar-refractivity contribution in [2.45, 2.75) is 50.9 Å². The van der Waals surface area contributed by atoms with E-state index < -0.39 is 29.5 Å². The molecule has 8 heteroatoms. The highest BCUT2D eigenvalue weighted by Crippen LogP contribution is 2.54. The molecule has 2 fully saturated rings. The zero-order valence-corrected chi connectivity index (χ0v) is 16.9. The molecule has 144 valence electrons. The number of carbonyl (C=O) groups excluding carboxylic acids is 3. The maximum Gasteiger partial charge on any atom is 0.250 e. The number of fused-ring (bicyclic) bond motifs is 4. The first kappa shape index (κ1) is 18.6. The van der Waals surface area contributed by atoms with Crippen molar-refractivity contribution in [3.05, 3.63) is 28.2 Å². The fourth-order valence-corrected chi connectivity index (χ4v) is 5.12. The molecule has 3 heterocycles. The molecule has 3 aliphatic rings. The monoisotopic (exact) mass is 435 g/mol. The number of nitrogens with zero attached hydrogens (tertiary/aromatic N) is 1. The molecule has 0 aromatic heterocycles. The van der Waals surface area contributed by atoms with Gasteiger partial charge in [0.05, 0.1) is 17.9 Å². The van der Waals surface area contributed by atoms with Crippen molar-refractivity contribution in [1.82, 2.24) is 10.2 Å². The average Bonchev–Trinajstić information content (AvgIpc) is 3.20. The van der Waals surface area contributed by atoms with Crippen molar-refractivity contribution in [1.29, 1.82) is 0 Å². The molecule has 3 N–H and O–H groups in total. The van der Waals surface area contributed by atoms with Crippen LogP contribution in [-0.2, 0) is 19.9 Å². The number of hydrogen-bond donors (Lipinski definition) is 3. The first-order chi connectivity index (χ1) is 12.7. The molecule has 3 amide bonds. The van der Waals surface area contributed by atoms with Gasteiger partial charge in [-0.3, -0.25) is 24.6 Å². The molecular formula is C19H22BrN3O4. The molecule has 4 rings (SSSR count). The number of hydrogen-bond acceptors (Lipinski definition) is 5. The number of likely N-dealkylation sites (tertiary alicyclic amines) is 1. The van der Waals surface area contributed by atoms with Crippen LogP contribution in [0.2, 0.25) is 0 Å². The van der Waals surface area contributed by atoms with Crippen molar-refractivity contribution in [3.63, 3.8) is 0 Å². The summed E-state index contributed by atoms with van der Waals surface area (Å²) in [5, 5.41) is 16.4. The summed E-state index contributed by atoms with van der Waals surface area (Å²) in [7, 11) is 0. The number of nitrogens with one attached hydrogen (secondary N) is 2. The normalized spacial score (nSPS) is 34.0. The quantitative estimate of drug-likeness (QED) is 0.622. The molecule has 27 heavy (non-hydrogen) atoms. The fraction of sp³-hybridized carbons (Fsp3) is 0.526. The highest BCUT2D eigenvalue weighted by molar-refractivity contribution is 9.10. The van der Waals surface area contributed by atoms with Crippen LogP contribution in [0.4, 0.5) is 5.69 Å². The number of aliphatic hydroxyl groups is 1. The van der Waals surface area contributed by atoms with Crippen LogP contribution >= 0.6 is 15.9 Å². The van der Waals surface area contributed by atoms with Gasteiger partial charge in [-0.25, -0.2) is 0 Å². The van der Waals surface area contributed by atoms with Crippen molar-refractivity contribution >= 4 is 39.3 Å². The van der Waals surface area contributed by atoms with Crippen LogP contribution in [0.3, 0.4) is 0 Å². The van der Waals surface area contributed by atoms with E-state index in [2.05, 4.69) is 26.6 Å². The third kappa shape index (κ3) is 2.30. The highest BCUT2D eigenvalue weighted by atomic mass is 79.9. The van der Waals surface area contributed by atoms with Crippen molar-refractivity contribution in [3.8, 4) is 0 Å². The molecule has 0 saturated carbocycles. The molecule has 0 radical (unpaired) electrons. The molecule has 3 aliphatic heterocycles. The lowest BCUT2D eigenvalue weighted by Gasteiger charge is -2.31. The Morgan fingerprint density at radius 2 is 1.96 bits per heavy atom. The fourth-order valence-electron chi connectivity index (χ4n) is 4.76. The van der Waals surface area contributed by atoms with E-state index in [0.717, 1.165) is 4.47 Å². The predicted molar refractivity (Wildman–Crippen MR) is 102 cm³/mol. The Bertz CT molecular complexity index is 857. The van der Waals surface area contributed by atoms with E-state index in [9.17, 15) is 19.5 Å². The summed E-state index contributed by atoms with van der Waals surface area (Å²) >= 11 is 3.43. The molecular weight excluding hydrogens is 414 g/mol. The molecule has 6 atom stereocenters. The van der Waals surface area contributed by atoms with Crippen molar-refractivity contribution in [2.75, 3.05) is 5.32 Å². The maximum atomic E-state index is 13.4. The summed E-state index contributed by atoms with van der Waals surface area (Å²) in [5.41, 5.74) is -0.115. The second-order valence-corrected chi connectivity index (χ2v) is 8.59. The number of benzene rings is 1. The summed E-state index contributed by atoms with van der Waals surface area (Å²) < 4.78 is 0.770. The molecule has 0 bridgehead atoms. The number of imide groups is 1. The van der Waals surface area contributed by atoms with Crippen LogP contribution in [0.15, 0.2) is 22.7 Å². The number of carbonyl (C=O) groups is 3. The summed E-state index contributed by atoms with van der Waals surface area (Å²) in [5.74, 6) is -2.68. The first-order valence-corrected chi connectivity index (χ1v) is 9.97. The number of amides is 3. The van der Waals surface area contributed by atoms with E-state index in [4.69, 9.17) is 0 Å². The summed E-state index contributed by atoms with van der Waals surface area (Å²) in [6.45, 7) is 5.31. The van der Waals surface area contributed by atoms with Crippen LogP contribution in [0.5, 0.6) is 0 Å². The van der Waals surface area contributed by atoms with Crippen LogP contribution in [-0.4, -0.2) is 45.9 Å². The molecule has 7 nitrogen and oxygen atoms in total. The van der Waals surface area contributed by atoms with E-state index in [1.165, 1.54) is 4.90 Å². The van der Waals surface area contributed by atoms with Gasteiger partial charge >= 0.3 is 0 Å². The Hall–Kier alpha value is -1.77. The second-order valence-electron chi connectivity index (χ2n) is 7.67. The number of halogens is 1. The molecule has 1 aromatic carbocycles. The maximum absolute atomic E-state index is 13.4. The topological polar surface area (TPSA) is 98.7 Å². The van der Waals surface area contributed by atoms with E-state index >= 15 is 0 Å². The largest absolute Gasteiger partial charge is 0.392 e. The Morgan fingerprint density at radius 1 is 1.26 bits per heavy atom. The number of rotatable bonds is 3. The lowest BCUT2D eigenvalue weighted by molar-refractivity contribution is -0.145. The van der Waals surface area contributed by atoms with Gasteiger partial charge in [0.1, 0.15) is 5.54 Å². The van der Waals surface area contributed by atoms with Crippen LogP contribution < -0.4 is 10.6 Å². The lowest BCUT2D eigenvalue weighted by atomic mass is 9.76. The summed E-state index contributed by atoms with van der Waals surface area (Å²) in [6, 6.07) is 4.44. The minimum atomic E-state index is -1.36. The summed E-state index contributed by atoms with van der Waals surface area (Å²) in [4.78, 5) is 40.9. The average molecular weight is 436 g/mol. The van der Waals surface area contributed by atoms with Gasteiger partial charge in [-0.15, -0.1) is 0 Å². The van der Waals surface area contributed by atoms with Gasteiger partial charge in [0, 0.05) is 27.8 Å². The van der Waals surface area contributed by atoms with E-state index in [-0.39, 0.29) is 23.8 Å². The van der Waals surface area contributed by atoms with Crippen LogP contribution in [0.1, 0.15) is 32.8 Å². The van der Waals surface area contributed by atoms with Gasteiger partial charge in [-0.2, -0.15) is 0 Å². The Morgan fingerprint density at radius 3 is 2.59 bits per heavy atom. The van der Waals surface area contributed by atoms with E-state index in [1.807, 2.05) is 19.9 Å². The zero-order chi connectivity index (χ0) is 19.7. The predicted octanol–water partition coefficient (Wildman–Crippen LogP) is 1.35. The molecule has 1 spiro atoms. The van der Waals surface area contributed by atoms with Crippen LogP contribution in [0, 0.1) is 11.8 Å². The smallest absolute Gasteiger partial charge is 0.250 e. The zero-order valence-electron chi connectivity index (χ0n) is 15.3. The Balaban J connectivity index is 1.92. The number of anilines is 1. The van der Waals surface area contributed by atoms with Crippen molar-refractivity contribution < 1.29 is 19.5 Å². The minimum absolute atomic E-state index is 0.256. The van der Waals surface area contributed by atoms with Gasteiger partial charge in [-0.1, -0.05) is 22.9 Å². The molecule has 0 aliphatic carbocycles. The molecule has 0 unspecified atom stereocenters. The number of aliphatic hydroxyl groups excluding tert-OH is 1. The van der Waals surface area contributed by atoms with Gasteiger partial charge in [0.25, 0.3) is 0 Å². The SMILES string of the molecule is CC[C@H](C)N1C(=O)[C@@H]2[C@H]([C@@H](C)O)N[C@@]3(C(=O)Nc4ccc(Br)cc43)[C@@H]2C1=O. The highest BCUT2D eigenvalue weighted by Gasteiger charge is 2.71. The third-order valence-electron chi connectivity index (χ3n) is 6.20. The van der Waals surface area contributed by atoms with Crippen molar-refractivity contribution in [2.24, 2.45) is 11.8 Å². The standard InChI is InChI=1S/C19H22BrN3O4/c1-4-8(2)23-16(25)13-14(17(23)26)19(22-15(13)9(3)24)11-7-10(20)5-6-12(11)21-18(19)27/h5-9,13-15,22,24H,4H2,1-3H3,(H,21,27)/t8-,9+,13-,14-,15-,19+/m0/s1. The van der Waals surface area contributed by atoms with E-state index in [0.29, 0.717) is 17.7 Å². The summed E-state index contributed by atoms with van der Waals surface area (Å²) in [6.07, 6.45) is -0.264. The van der Waals surface area contributed by atoms with Gasteiger partial charge in [-0.05, 0) is 38.5 Å². The first-order valence-electron chi connectivity index (χ1n) is 9.18. The molecule has 2 saturated heterocycles.